The second kappa shape index (κ2) is 10.9. The van der Waals surface area contributed by atoms with Crippen molar-refractivity contribution in [3.05, 3.63) is 104 Å². The zero-order chi connectivity index (χ0) is 27.6. The predicted octanol–water partition coefficient (Wildman–Crippen LogP) is 6.20. The van der Waals surface area contributed by atoms with Crippen LogP contribution in [-0.2, 0) is 9.84 Å². The first kappa shape index (κ1) is 27.3. The van der Waals surface area contributed by atoms with Crippen LogP contribution in [0.5, 0.6) is 0 Å². The zero-order valence-electron chi connectivity index (χ0n) is 20.7. The molecule has 0 spiro atoms. The lowest BCUT2D eigenvalue weighted by Crippen LogP contribution is -2.29. The zero-order valence-corrected chi connectivity index (χ0v) is 23.1. The Morgan fingerprint density at radius 3 is 2.47 bits per heavy atom. The summed E-state index contributed by atoms with van der Waals surface area (Å²) in [7, 11) is -4.16. The van der Waals surface area contributed by atoms with E-state index in [0.29, 0.717) is 28.1 Å². The van der Waals surface area contributed by atoms with Gasteiger partial charge in [-0.3, -0.25) is 9.59 Å². The van der Waals surface area contributed by atoms with E-state index in [1.165, 1.54) is 17.5 Å². The van der Waals surface area contributed by atoms with Crippen molar-refractivity contribution in [2.45, 2.75) is 31.0 Å². The highest BCUT2D eigenvalue weighted by Gasteiger charge is 2.32. The summed E-state index contributed by atoms with van der Waals surface area (Å²) in [6.07, 6.45) is 1.17. The van der Waals surface area contributed by atoms with Crippen LogP contribution in [0.4, 0.5) is 11.6 Å². The second-order valence-electron chi connectivity index (χ2n) is 8.52. The SMILES string of the molecule is C=CC(Nc1onc(C)c1Cl)S(=O)(=O)c1ccsc1C(=O)Nc1cc(C)cc(C)c1C(=O)c1ccccc1. The summed E-state index contributed by atoms with van der Waals surface area (Å²) in [5, 5.41) is 9.45. The van der Waals surface area contributed by atoms with Gasteiger partial charge >= 0.3 is 0 Å². The smallest absolute Gasteiger partial charge is 0.267 e. The Morgan fingerprint density at radius 1 is 1.13 bits per heavy atom. The Hall–Kier alpha value is -3.73. The summed E-state index contributed by atoms with van der Waals surface area (Å²) in [6, 6.07) is 13.6. The molecule has 2 aromatic carbocycles. The standard InChI is InChI=1S/C27H24ClN3O5S2/c1-5-21(30-27-23(28)17(4)31-36-27)38(34,35)20-11-12-37-25(20)26(33)29-19-14-15(2)13-16(3)22(19)24(32)18-9-7-6-8-10-18/h5-14,21,30H,1H2,2-4H3,(H,29,33). The van der Waals surface area contributed by atoms with E-state index in [1.54, 1.807) is 44.2 Å². The number of ketones is 1. The summed E-state index contributed by atoms with van der Waals surface area (Å²) in [4.78, 5) is 26.5. The maximum Gasteiger partial charge on any atom is 0.267 e. The normalized spacial score (nSPS) is 12.1. The van der Waals surface area contributed by atoms with Gasteiger partial charge < -0.3 is 15.2 Å². The Morgan fingerprint density at radius 2 is 1.84 bits per heavy atom. The highest BCUT2D eigenvalue weighted by atomic mass is 35.5. The third-order valence-corrected chi connectivity index (χ3v) is 9.17. The molecule has 4 rings (SSSR count). The van der Waals surface area contributed by atoms with E-state index in [2.05, 4.69) is 22.4 Å². The number of nitrogens with zero attached hydrogens (tertiary/aromatic N) is 1. The fourth-order valence-corrected chi connectivity index (χ4v) is 6.73. The molecular formula is C27H24ClN3O5S2. The van der Waals surface area contributed by atoms with Gasteiger partial charge in [0.05, 0.1) is 10.6 Å². The van der Waals surface area contributed by atoms with Crippen LogP contribution in [0.1, 0.15) is 42.4 Å². The lowest BCUT2D eigenvalue weighted by atomic mass is 9.95. The molecule has 196 valence electrons. The highest BCUT2D eigenvalue weighted by Crippen LogP contribution is 2.32. The number of sulfone groups is 1. The van der Waals surface area contributed by atoms with Gasteiger partial charge in [-0.25, -0.2) is 8.42 Å². The number of benzene rings is 2. The van der Waals surface area contributed by atoms with Crippen LogP contribution < -0.4 is 10.6 Å². The van der Waals surface area contributed by atoms with Crippen molar-refractivity contribution in [1.29, 1.82) is 0 Å². The average molecular weight is 570 g/mol. The van der Waals surface area contributed by atoms with Crippen LogP contribution in [0.15, 0.2) is 76.0 Å². The van der Waals surface area contributed by atoms with E-state index < -0.39 is 21.1 Å². The van der Waals surface area contributed by atoms with Gasteiger partial charge in [-0.05, 0) is 49.4 Å². The third-order valence-electron chi connectivity index (χ3n) is 5.75. The van der Waals surface area contributed by atoms with Gasteiger partial charge in [0.1, 0.15) is 15.6 Å². The van der Waals surface area contributed by atoms with Crippen LogP contribution in [0, 0.1) is 20.8 Å². The first-order valence-electron chi connectivity index (χ1n) is 11.4. The molecule has 0 aliphatic rings. The van der Waals surface area contributed by atoms with E-state index in [0.717, 1.165) is 16.9 Å². The number of nitrogens with one attached hydrogen (secondary N) is 2. The van der Waals surface area contributed by atoms with Gasteiger partial charge in [-0.2, -0.15) is 0 Å². The number of halogens is 1. The molecule has 2 aromatic heterocycles. The van der Waals surface area contributed by atoms with Crippen molar-refractivity contribution < 1.29 is 22.5 Å². The first-order chi connectivity index (χ1) is 18.0. The molecule has 0 saturated heterocycles. The summed E-state index contributed by atoms with van der Waals surface area (Å²) in [5.41, 5.74) is 2.99. The quantitative estimate of drug-likeness (QED) is 0.182. The number of amides is 1. The van der Waals surface area contributed by atoms with E-state index in [9.17, 15) is 18.0 Å². The Labute approximate surface area is 229 Å². The fraction of sp³-hybridized carbons (Fsp3) is 0.148. The number of thiophene rings is 1. The van der Waals surface area contributed by atoms with Crippen LogP contribution in [0.3, 0.4) is 0 Å². The van der Waals surface area contributed by atoms with E-state index >= 15 is 0 Å². The molecule has 8 nitrogen and oxygen atoms in total. The topological polar surface area (TPSA) is 118 Å². The maximum atomic E-state index is 13.5. The first-order valence-corrected chi connectivity index (χ1v) is 14.2. The molecular weight excluding hydrogens is 546 g/mol. The van der Waals surface area contributed by atoms with Crippen molar-refractivity contribution in [2.24, 2.45) is 0 Å². The summed E-state index contributed by atoms with van der Waals surface area (Å²) < 4.78 is 32.1. The molecule has 0 radical (unpaired) electrons. The van der Waals surface area contributed by atoms with E-state index in [-0.39, 0.29) is 26.5 Å². The van der Waals surface area contributed by atoms with Gasteiger partial charge in [0, 0.05) is 11.1 Å². The predicted molar refractivity (Wildman–Crippen MR) is 149 cm³/mol. The van der Waals surface area contributed by atoms with Gasteiger partial charge in [0.25, 0.3) is 5.91 Å². The molecule has 4 aromatic rings. The van der Waals surface area contributed by atoms with Crippen molar-refractivity contribution in [3.63, 3.8) is 0 Å². The summed E-state index contributed by atoms with van der Waals surface area (Å²) >= 11 is 7.09. The lowest BCUT2D eigenvalue weighted by Gasteiger charge is -2.17. The molecule has 38 heavy (non-hydrogen) atoms. The van der Waals surface area contributed by atoms with Crippen molar-refractivity contribution >= 4 is 56.0 Å². The molecule has 0 aliphatic heterocycles. The van der Waals surface area contributed by atoms with Crippen LogP contribution in [0.2, 0.25) is 5.02 Å². The third kappa shape index (κ3) is 5.28. The number of aromatic nitrogens is 1. The molecule has 0 aliphatic carbocycles. The number of carbonyl (C=O) groups excluding carboxylic acids is 2. The van der Waals surface area contributed by atoms with Gasteiger partial charge in [0.15, 0.2) is 11.2 Å². The Kier molecular flexibility index (Phi) is 7.86. The minimum atomic E-state index is -4.16. The monoisotopic (exact) mass is 569 g/mol. The van der Waals surface area contributed by atoms with Gasteiger partial charge in [0.2, 0.25) is 15.7 Å². The number of rotatable bonds is 9. The molecule has 1 atom stereocenters. The van der Waals surface area contributed by atoms with Crippen molar-refractivity contribution in [1.82, 2.24) is 5.16 Å². The molecule has 2 N–H and O–H groups in total. The van der Waals surface area contributed by atoms with Crippen LogP contribution in [0.25, 0.3) is 0 Å². The molecule has 0 fully saturated rings. The van der Waals surface area contributed by atoms with Crippen molar-refractivity contribution in [3.8, 4) is 0 Å². The molecule has 1 unspecified atom stereocenters. The van der Waals surface area contributed by atoms with Crippen LogP contribution in [-0.4, -0.2) is 30.6 Å². The van der Waals surface area contributed by atoms with Crippen molar-refractivity contribution in [2.75, 3.05) is 10.6 Å². The number of hydrogen-bond acceptors (Lipinski definition) is 8. The van der Waals surface area contributed by atoms with Gasteiger partial charge in [-0.15, -0.1) is 11.3 Å². The number of carbonyl (C=O) groups is 2. The second-order valence-corrected chi connectivity index (χ2v) is 11.9. The molecule has 0 saturated carbocycles. The van der Waals surface area contributed by atoms with Gasteiger partial charge in [-0.1, -0.05) is 65.8 Å². The average Bonchev–Trinajstić information content (AvgIpc) is 3.50. The summed E-state index contributed by atoms with van der Waals surface area (Å²) in [6.45, 7) is 8.85. The molecule has 1 amide bonds. The summed E-state index contributed by atoms with van der Waals surface area (Å²) in [5.74, 6) is -0.951. The van der Waals surface area contributed by atoms with E-state index in [1.807, 2.05) is 19.1 Å². The Bertz CT molecular complexity index is 1640. The van der Waals surface area contributed by atoms with Crippen LogP contribution >= 0.6 is 22.9 Å². The van der Waals surface area contributed by atoms with E-state index in [4.69, 9.17) is 16.1 Å². The fourth-order valence-electron chi connectivity index (χ4n) is 3.95. The largest absolute Gasteiger partial charge is 0.337 e. The Balaban J connectivity index is 1.68. The number of hydrogen-bond donors (Lipinski definition) is 2. The number of anilines is 2. The molecule has 2 heterocycles. The minimum Gasteiger partial charge on any atom is -0.337 e. The number of aryl methyl sites for hydroxylation is 3. The molecule has 11 heteroatoms. The lowest BCUT2D eigenvalue weighted by molar-refractivity contribution is 0.102. The minimum absolute atomic E-state index is 0.0295. The maximum absolute atomic E-state index is 13.5. The highest BCUT2D eigenvalue weighted by molar-refractivity contribution is 7.92. The molecule has 0 bridgehead atoms.